The lowest BCUT2D eigenvalue weighted by Crippen LogP contribution is -2.34. The van der Waals surface area contributed by atoms with Crippen molar-refractivity contribution >= 4 is 15.8 Å². The van der Waals surface area contributed by atoms with Gasteiger partial charge in [0.25, 0.3) is 0 Å². The average molecular weight is 284 g/mol. The van der Waals surface area contributed by atoms with Crippen molar-refractivity contribution in [2.75, 3.05) is 37.3 Å². The van der Waals surface area contributed by atoms with Gasteiger partial charge in [-0.25, -0.2) is 22.7 Å². The molecule has 0 unspecified atom stereocenters. The van der Waals surface area contributed by atoms with Crippen LogP contribution < -0.4 is 4.90 Å². The van der Waals surface area contributed by atoms with Crippen molar-refractivity contribution in [2.45, 2.75) is 20.3 Å². The molecule has 19 heavy (non-hydrogen) atoms. The lowest BCUT2D eigenvalue weighted by molar-refractivity contribution is 0.437. The number of nitrogens with zero attached hydrogens (tertiary/aromatic N) is 4. The van der Waals surface area contributed by atoms with Crippen LogP contribution in [0.5, 0.6) is 0 Å². The number of anilines is 1. The van der Waals surface area contributed by atoms with Crippen LogP contribution in [0, 0.1) is 13.8 Å². The van der Waals surface area contributed by atoms with Crippen molar-refractivity contribution < 1.29 is 8.42 Å². The zero-order valence-corrected chi connectivity index (χ0v) is 12.4. The van der Waals surface area contributed by atoms with Gasteiger partial charge in [-0.15, -0.1) is 0 Å². The van der Waals surface area contributed by atoms with Crippen molar-refractivity contribution in [3.63, 3.8) is 0 Å². The number of rotatable bonds is 2. The predicted molar refractivity (Wildman–Crippen MR) is 74.8 cm³/mol. The molecule has 0 amide bonds. The molecule has 0 aromatic carbocycles. The smallest absolute Gasteiger partial charge is 0.211 e. The summed E-state index contributed by atoms with van der Waals surface area (Å²) in [7, 11) is -3.10. The molecule has 1 aromatic rings. The van der Waals surface area contributed by atoms with E-state index in [1.54, 1.807) is 0 Å². The first-order chi connectivity index (χ1) is 8.86. The minimum Gasteiger partial charge on any atom is -0.355 e. The van der Waals surface area contributed by atoms with E-state index in [0.717, 1.165) is 30.3 Å². The molecule has 0 aliphatic carbocycles. The van der Waals surface area contributed by atoms with E-state index < -0.39 is 10.0 Å². The molecule has 106 valence electrons. The van der Waals surface area contributed by atoms with E-state index in [0.29, 0.717) is 19.6 Å². The molecule has 0 N–H and O–H groups in total. The number of aryl methyl sites for hydroxylation is 2. The van der Waals surface area contributed by atoms with Gasteiger partial charge in [-0.1, -0.05) is 0 Å². The molecule has 1 aromatic heterocycles. The maximum absolute atomic E-state index is 11.6. The highest BCUT2D eigenvalue weighted by atomic mass is 32.2. The molecule has 0 spiro atoms. The van der Waals surface area contributed by atoms with E-state index >= 15 is 0 Å². The second kappa shape index (κ2) is 5.42. The highest BCUT2D eigenvalue weighted by molar-refractivity contribution is 7.88. The van der Waals surface area contributed by atoms with Gasteiger partial charge in [0, 0.05) is 37.9 Å². The average Bonchev–Trinajstić information content (AvgIpc) is 2.52. The standard InChI is InChI=1S/C12H20N4O2S/c1-10-9-12(14-11(2)13-10)15-5-4-6-16(8-7-15)19(3,17)18/h9H,4-8H2,1-3H3. The zero-order valence-electron chi connectivity index (χ0n) is 11.6. The largest absolute Gasteiger partial charge is 0.355 e. The molecule has 7 heteroatoms. The monoisotopic (exact) mass is 284 g/mol. The number of hydrogen-bond donors (Lipinski definition) is 0. The van der Waals surface area contributed by atoms with Crippen LogP contribution in [0.15, 0.2) is 6.07 Å². The fourth-order valence-electron chi connectivity index (χ4n) is 2.31. The Hall–Kier alpha value is -1.21. The molecule has 2 rings (SSSR count). The summed E-state index contributed by atoms with van der Waals surface area (Å²) < 4.78 is 24.7. The van der Waals surface area contributed by atoms with Crippen molar-refractivity contribution in [1.82, 2.24) is 14.3 Å². The van der Waals surface area contributed by atoms with Crippen molar-refractivity contribution in [2.24, 2.45) is 0 Å². The first-order valence-electron chi connectivity index (χ1n) is 6.38. The summed E-state index contributed by atoms with van der Waals surface area (Å²) in [5.74, 6) is 1.64. The molecule has 1 fully saturated rings. The van der Waals surface area contributed by atoms with E-state index in [-0.39, 0.29) is 0 Å². The Morgan fingerprint density at radius 3 is 2.47 bits per heavy atom. The molecule has 6 nitrogen and oxygen atoms in total. The molecule has 0 saturated carbocycles. The first kappa shape index (κ1) is 14.2. The Bertz CT molecular complexity index is 539. The van der Waals surface area contributed by atoms with E-state index in [4.69, 9.17) is 0 Å². The molecule has 2 heterocycles. The normalized spacial score (nSPS) is 18.4. The number of aromatic nitrogens is 2. The van der Waals surface area contributed by atoms with Gasteiger partial charge in [0.15, 0.2) is 0 Å². The van der Waals surface area contributed by atoms with Crippen LogP contribution in [0.2, 0.25) is 0 Å². The minimum atomic E-state index is -3.10. The SMILES string of the molecule is Cc1cc(N2CCCN(S(C)(=O)=O)CC2)nc(C)n1. The van der Waals surface area contributed by atoms with Gasteiger partial charge in [-0.2, -0.15) is 0 Å². The Labute approximate surface area is 114 Å². The Kier molecular flexibility index (Phi) is 4.05. The summed E-state index contributed by atoms with van der Waals surface area (Å²) in [6, 6.07) is 1.95. The highest BCUT2D eigenvalue weighted by Gasteiger charge is 2.22. The second-order valence-electron chi connectivity index (χ2n) is 4.92. The molecule has 1 aliphatic rings. The van der Waals surface area contributed by atoms with Crippen molar-refractivity contribution in [3.05, 3.63) is 17.6 Å². The number of sulfonamides is 1. The quantitative estimate of drug-likeness (QED) is 0.794. The van der Waals surface area contributed by atoms with E-state index in [9.17, 15) is 8.42 Å². The Morgan fingerprint density at radius 1 is 1.11 bits per heavy atom. The van der Waals surface area contributed by atoms with Crippen LogP contribution in [0.3, 0.4) is 0 Å². The van der Waals surface area contributed by atoms with E-state index in [1.165, 1.54) is 10.6 Å². The first-order valence-corrected chi connectivity index (χ1v) is 8.23. The van der Waals surface area contributed by atoms with Gasteiger partial charge < -0.3 is 4.90 Å². The molecule has 0 bridgehead atoms. The molecular weight excluding hydrogens is 264 g/mol. The third kappa shape index (κ3) is 3.63. The van der Waals surface area contributed by atoms with Crippen LogP contribution in [0.25, 0.3) is 0 Å². The van der Waals surface area contributed by atoms with Gasteiger partial charge in [0.1, 0.15) is 11.6 Å². The lowest BCUT2D eigenvalue weighted by Gasteiger charge is -2.22. The third-order valence-electron chi connectivity index (χ3n) is 3.20. The molecule has 0 radical (unpaired) electrons. The summed E-state index contributed by atoms with van der Waals surface area (Å²) >= 11 is 0. The number of hydrogen-bond acceptors (Lipinski definition) is 5. The van der Waals surface area contributed by atoms with Gasteiger partial charge in [0.05, 0.1) is 6.26 Å². The molecule has 0 atom stereocenters. The van der Waals surface area contributed by atoms with Crippen molar-refractivity contribution in [3.8, 4) is 0 Å². The van der Waals surface area contributed by atoms with Gasteiger partial charge in [-0.3, -0.25) is 0 Å². The lowest BCUT2D eigenvalue weighted by atomic mass is 10.3. The second-order valence-corrected chi connectivity index (χ2v) is 6.90. The van der Waals surface area contributed by atoms with Crippen LogP contribution >= 0.6 is 0 Å². The summed E-state index contributed by atoms with van der Waals surface area (Å²) in [5, 5.41) is 0. The van der Waals surface area contributed by atoms with Gasteiger partial charge >= 0.3 is 0 Å². The van der Waals surface area contributed by atoms with Gasteiger partial charge in [-0.05, 0) is 20.3 Å². The third-order valence-corrected chi connectivity index (χ3v) is 4.50. The molecule has 1 saturated heterocycles. The minimum absolute atomic E-state index is 0.515. The fourth-order valence-corrected chi connectivity index (χ4v) is 3.19. The maximum Gasteiger partial charge on any atom is 0.211 e. The highest BCUT2D eigenvalue weighted by Crippen LogP contribution is 2.16. The predicted octanol–water partition coefficient (Wildman–Crippen LogP) is 0.565. The van der Waals surface area contributed by atoms with E-state index in [2.05, 4.69) is 14.9 Å². The van der Waals surface area contributed by atoms with Crippen molar-refractivity contribution in [1.29, 1.82) is 0 Å². The zero-order chi connectivity index (χ0) is 14.0. The summed E-state index contributed by atoms with van der Waals surface area (Å²) in [5.41, 5.74) is 0.937. The van der Waals surface area contributed by atoms with Gasteiger partial charge in [0.2, 0.25) is 10.0 Å². The molecule has 1 aliphatic heterocycles. The summed E-state index contributed by atoms with van der Waals surface area (Å²) in [4.78, 5) is 10.8. The Balaban J connectivity index is 2.15. The van der Waals surface area contributed by atoms with Crippen LogP contribution in [-0.4, -0.2) is 55.1 Å². The topological polar surface area (TPSA) is 66.4 Å². The summed E-state index contributed by atoms with van der Waals surface area (Å²) in [6.45, 7) is 6.40. The van der Waals surface area contributed by atoms with Crippen LogP contribution in [0.4, 0.5) is 5.82 Å². The summed E-state index contributed by atoms with van der Waals surface area (Å²) in [6.07, 6.45) is 2.08. The van der Waals surface area contributed by atoms with Crippen LogP contribution in [0.1, 0.15) is 17.9 Å². The fraction of sp³-hybridized carbons (Fsp3) is 0.667. The Morgan fingerprint density at radius 2 is 1.84 bits per heavy atom. The molecular formula is C12H20N4O2S. The van der Waals surface area contributed by atoms with E-state index in [1.807, 2.05) is 19.9 Å². The van der Waals surface area contributed by atoms with Crippen LogP contribution in [-0.2, 0) is 10.0 Å². The maximum atomic E-state index is 11.6.